The molecular weight excluding hydrogens is 206 g/mol. The first-order valence-electron chi connectivity index (χ1n) is 5.50. The third-order valence-electron chi connectivity index (χ3n) is 2.16. The fraction of sp³-hybridized carbons (Fsp3) is 0.818. The van der Waals surface area contributed by atoms with Crippen LogP contribution < -0.4 is 16.4 Å². The summed E-state index contributed by atoms with van der Waals surface area (Å²) in [6.45, 7) is 9.25. The van der Waals surface area contributed by atoms with Crippen LogP contribution in [0.4, 0.5) is 0 Å². The second-order valence-electron chi connectivity index (χ2n) is 5.09. The predicted molar refractivity (Wildman–Crippen MR) is 63.7 cm³/mol. The van der Waals surface area contributed by atoms with Gasteiger partial charge in [0.2, 0.25) is 11.8 Å². The van der Waals surface area contributed by atoms with E-state index in [1.807, 2.05) is 6.92 Å². The lowest BCUT2D eigenvalue weighted by molar-refractivity contribution is -0.133. The predicted octanol–water partition coefficient (Wildman–Crippen LogP) is 0.000600. The Kier molecular flexibility index (Phi) is 5.44. The second-order valence-corrected chi connectivity index (χ2v) is 5.09. The summed E-state index contributed by atoms with van der Waals surface area (Å²) >= 11 is 0. The number of carbonyl (C=O) groups is 2. The van der Waals surface area contributed by atoms with Crippen molar-refractivity contribution in [2.24, 2.45) is 11.1 Å². The SMILES string of the molecule is CC(NC(=O)C(C)(C)C)C(=O)N[C@@H](C)CN. The average molecular weight is 229 g/mol. The van der Waals surface area contributed by atoms with Gasteiger partial charge >= 0.3 is 0 Å². The van der Waals surface area contributed by atoms with E-state index in [4.69, 9.17) is 5.73 Å². The summed E-state index contributed by atoms with van der Waals surface area (Å²) in [6, 6.07) is -0.623. The van der Waals surface area contributed by atoms with E-state index in [2.05, 4.69) is 10.6 Å². The van der Waals surface area contributed by atoms with Gasteiger partial charge in [-0.15, -0.1) is 0 Å². The highest BCUT2D eigenvalue weighted by Gasteiger charge is 2.25. The highest BCUT2D eigenvalue weighted by atomic mass is 16.2. The lowest BCUT2D eigenvalue weighted by atomic mass is 9.95. The third-order valence-corrected chi connectivity index (χ3v) is 2.16. The first-order chi connectivity index (χ1) is 7.18. The van der Waals surface area contributed by atoms with Crippen molar-refractivity contribution in [2.45, 2.75) is 46.7 Å². The maximum atomic E-state index is 11.6. The summed E-state index contributed by atoms with van der Waals surface area (Å²) in [6.07, 6.45) is 0. The molecule has 0 fully saturated rings. The molecule has 0 bridgehead atoms. The van der Waals surface area contributed by atoms with Crippen molar-refractivity contribution in [2.75, 3.05) is 6.54 Å². The van der Waals surface area contributed by atoms with Gasteiger partial charge < -0.3 is 16.4 Å². The Morgan fingerprint density at radius 3 is 2.06 bits per heavy atom. The lowest BCUT2D eigenvalue weighted by Gasteiger charge is -2.22. The molecule has 0 rings (SSSR count). The smallest absolute Gasteiger partial charge is 0.242 e. The Labute approximate surface area is 97.2 Å². The number of hydrogen-bond acceptors (Lipinski definition) is 3. The third kappa shape index (κ3) is 5.11. The zero-order chi connectivity index (χ0) is 12.9. The van der Waals surface area contributed by atoms with Crippen molar-refractivity contribution >= 4 is 11.8 Å². The van der Waals surface area contributed by atoms with E-state index < -0.39 is 11.5 Å². The van der Waals surface area contributed by atoms with Gasteiger partial charge in [-0.05, 0) is 13.8 Å². The van der Waals surface area contributed by atoms with Gasteiger partial charge in [0.15, 0.2) is 0 Å². The molecule has 94 valence electrons. The van der Waals surface area contributed by atoms with Crippen molar-refractivity contribution in [1.29, 1.82) is 0 Å². The fourth-order valence-corrected chi connectivity index (χ4v) is 0.905. The zero-order valence-corrected chi connectivity index (χ0v) is 10.8. The van der Waals surface area contributed by atoms with E-state index in [-0.39, 0.29) is 17.9 Å². The van der Waals surface area contributed by atoms with Crippen LogP contribution >= 0.6 is 0 Å². The summed E-state index contributed by atoms with van der Waals surface area (Å²) in [5.74, 6) is -0.355. The van der Waals surface area contributed by atoms with Crippen LogP contribution in [0.25, 0.3) is 0 Å². The van der Waals surface area contributed by atoms with Crippen LogP contribution in [-0.2, 0) is 9.59 Å². The largest absolute Gasteiger partial charge is 0.351 e. The van der Waals surface area contributed by atoms with Crippen molar-refractivity contribution in [3.05, 3.63) is 0 Å². The molecule has 0 aromatic rings. The molecule has 1 unspecified atom stereocenters. The molecule has 0 saturated heterocycles. The quantitative estimate of drug-likeness (QED) is 0.634. The van der Waals surface area contributed by atoms with Crippen LogP contribution in [0, 0.1) is 5.41 Å². The number of nitrogens with two attached hydrogens (primary N) is 1. The molecule has 16 heavy (non-hydrogen) atoms. The first kappa shape index (κ1) is 14.9. The summed E-state index contributed by atoms with van der Waals surface area (Å²) in [5.41, 5.74) is 4.90. The second kappa shape index (κ2) is 5.84. The Morgan fingerprint density at radius 1 is 1.19 bits per heavy atom. The van der Waals surface area contributed by atoms with Crippen molar-refractivity contribution < 1.29 is 9.59 Å². The molecule has 2 amide bonds. The summed E-state index contributed by atoms with van der Waals surface area (Å²) in [7, 11) is 0. The van der Waals surface area contributed by atoms with Gasteiger partial charge in [-0.3, -0.25) is 9.59 Å². The number of carbonyl (C=O) groups excluding carboxylic acids is 2. The van der Waals surface area contributed by atoms with Crippen molar-refractivity contribution in [3.8, 4) is 0 Å². The van der Waals surface area contributed by atoms with E-state index in [0.717, 1.165) is 0 Å². The summed E-state index contributed by atoms with van der Waals surface area (Å²) < 4.78 is 0. The molecule has 0 aromatic heterocycles. The highest BCUT2D eigenvalue weighted by molar-refractivity contribution is 5.89. The number of hydrogen-bond donors (Lipinski definition) is 3. The van der Waals surface area contributed by atoms with Crippen molar-refractivity contribution in [3.63, 3.8) is 0 Å². The number of rotatable bonds is 4. The van der Waals surface area contributed by atoms with Gasteiger partial charge in [0.05, 0.1) is 0 Å². The van der Waals surface area contributed by atoms with Gasteiger partial charge in [-0.25, -0.2) is 0 Å². The molecule has 0 heterocycles. The van der Waals surface area contributed by atoms with Crippen LogP contribution in [0.1, 0.15) is 34.6 Å². The molecule has 0 radical (unpaired) electrons. The van der Waals surface area contributed by atoms with Gasteiger partial charge in [0.1, 0.15) is 6.04 Å². The van der Waals surface area contributed by atoms with E-state index in [1.54, 1.807) is 27.7 Å². The molecule has 5 heteroatoms. The van der Waals surface area contributed by atoms with E-state index in [1.165, 1.54) is 0 Å². The molecule has 2 atom stereocenters. The van der Waals surface area contributed by atoms with E-state index in [0.29, 0.717) is 6.54 Å². The summed E-state index contributed by atoms with van der Waals surface area (Å²) in [4.78, 5) is 23.2. The molecule has 5 nitrogen and oxygen atoms in total. The average Bonchev–Trinajstić information content (AvgIpc) is 2.15. The molecule has 0 aromatic carbocycles. The monoisotopic (exact) mass is 229 g/mol. The van der Waals surface area contributed by atoms with Crippen LogP contribution in [0.5, 0.6) is 0 Å². The molecular formula is C11H23N3O2. The minimum Gasteiger partial charge on any atom is -0.351 e. The molecule has 4 N–H and O–H groups in total. The maximum Gasteiger partial charge on any atom is 0.242 e. The highest BCUT2D eigenvalue weighted by Crippen LogP contribution is 2.12. The first-order valence-corrected chi connectivity index (χ1v) is 5.50. The van der Waals surface area contributed by atoms with Gasteiger partial charge in [0.25, 0.3) is 0 Å². The van der Waals surface area contributed by atoms with Crippen molar-refractivity contribution in [1.82, 2.24) is 10.6 Å². The Balaban J connectivity index is 4.21. The van der Waals surface area contributed by atoms with Crippen LogP contribution in [-0.4, -0.2) is 30.4 Å². The standard InChI is InChI=1S/C11H23N3O2/c1-7(6-12)13-9(15)8(2)14-10(16)11(3,4)5/h7-8H,6,12H2,1-5H3,(H,13,15)(H,14,16)/t7-,8?/m0/s1. The van der Waals surface area contributed by atoms with Gasteiger partial charge in [0, 0.05) is 18.0 Å². The molecule has 0 aliphatic heterocycles. The van der Waals surface area contributed by atoms with Crippen LogP contribution in [0.3, 0.4) is 0 Å². The zero-order valence-electron chi connectivity index (χ0n) is 10.8. The van der Waals surface area contributed by atoms with Crippen LogP contribution in [0.2, 0.25) is 0 Å². The van der Waals surface area contributed by atoms with E-state index in [9.17, 15) is 9.59 Å². The Morgan fingerprint density at radius 2 is 1.69 bits per heavy atom. The topological polar surface area (TPSA) is 84.2 Å². The molecule has 0 spiro atoms. The Hall–Kier alpha value is -1.10. The molecule has 0 saturated carbocycles. The maximum absolute atomic E-state index is 11.6. The normalized spacial score (nSPS) is 15.1. The minimum absolute atomic E-state index is 0.0820. The molecule has 0 aliphatic rings. The lowest BCUT2D eigenvalue weighted by Crippen LogP contribution is -2.51. The molecule has 0 aliphatic carbocycles. The van der Waals surface area contributed by atoms with E-state index >= 15 is 0 Å². The minimum atomic E-state index is -0.541. The van der Waals surface area contributed by atoms with Crippen LogP contribution in [0.15, 0.2) is 0 Å². The summed E-state index contributed by atoms with van der Waals surface area (Å²) in [5, 5.41) is 5.36. The number of amides is 2. The van der Waals surface area contributed by atoms with Gasteiger partial charge in [-0.1, -0.05) is 20.8 Å². The fourth-order valence-electron chi connectivity index (χ4n) is 0.905. The Bertz CT molecular complexity index is 258. The number of nitrogens with one attached hydrogen (secondary N) is 2. The van der Waals surface area contributed by atoms with Gasteiger partial charge in [-0.2, -0.15) is 0 Å².